The molecule has 30 heavy (non-hydrogen) atoms. The second kappa shape index (κ2) is 8.24. The molecule has 1 unspecified atom stereocenters. The van der Waals surface area contributed by atoms with E-state index in [-0.39, 0.29) is 11.9 Å². The van der Waals surface area contributed by atoms with Gasteiger partial charge in [-0.15, -0.1) is 0 Å². The van der Waals surface area contributed by atoms with Gasteiger partial charge in [0, 0.05) is 32.7 Å². The van der Waals surface area contributed by atoms with Crippen molar-refractivity contribution in [1.29, 1.82) is 0 Å². The van der Waals surface area contributed by atoms with Gasteiger partial charge in [-0.25, -0.2) is 9.37 Å². The van der Waals surface area contributed by atoms with Crippen LogP contribution in [0.15, 0.2) is 36.4 Å². The van der Waals surface area contributed by atoms with E-state index in [1.165, 1.54) is 0 Å². The summed E-state index contributed by atoms with van der Waals surface area (Å²) in [6.07, 6.45) is 1.19. The molecule has 6 nitrogen and oxygen atoms in total. The molecule has 5 rings (SSSR count). The van der Waals surface area contributed by atoms with Gasteiger partial charge in [-0.3, -0.25) is 0 Å². The van der Waals surface area contributed by atoms with E-state index in [9.17, 15) is 4.39 Å². The predicted octanol–water partition coefficient (Wildman–Crippen LogP) is 2.68. The number of imidazole rings is 1. The molecule has 3 aromatic rings. The number of fused-ring (bicyclic) bond motifs is 1. The number of rotatable bonds is 5. The van der Waals surface area contributed by atoms with Crippen LogP contribution in [0, 0.1) is 12.7 Å². The van der Waals surface area contributed by atoms with Crippen molar-refractivity contribution in [2.24, 2.45) is 0 Å². The number of ether oxygens (including phenoxy) is 1. The lowest BCUT2D eigenvalue weighted by Gasteiger charge is -2.29. The highest BCUT2D eigenvalue weighted by molar-refractivity contribution is 5.85. The summed E-state index contributed by atoms with van der Waals surface area (Å²) in [6.45, 7) is 8.02. The summed E-state index contributed by atoms with van der Waals surface area (Å²) in [5.74, 6) is 1.62. The molecule has 0 aliphatic carbocycles. The quantitative estimate of drug-likeness (QED) is 0.679. The molecule has 2 N–H and O–H groups in total. The number of hydrogen-bond donors (Lipinski definition) is 2. The first kappa shape index (κ1) is 19.3. The van der Waals surface area contributed by atoms with Crippen molar-refractivity contribution in [3.63, 3.8) is 0 Å². The molecule has 158 valence electrons. The summed E-state index contributed by atoms with van der Waals surface area (Å²) in [4.78, 5) is 7.38. The highest BCUT2D eigenvalue weighted by Crippen LogP contribution is 2.32. The van der Waals surface area contributed by atoms with Crippen molar-refractivity contribution in [3.8, 4) is 5.75 Å². The highest BCUT2D eigenvalue weighted by Gasteiger charge is 2.23. The number of benzene rings is 2. The van der Waals surface area contributed by atoms with Gasteiger partial charge >= 0.3 is 0 Å². The summed E-state index contributed by atoms with van der Waals surface area (Å²) < 4.78 is 22.3. The number of para-hydroxylation sites is 1. The second-order valence-corrected chi connectivity index (χ2v) is 8.18. The topological polar surface area (TPSA) is 54.4 Å². The molecule has 1 aromatic heterocycles. The number of piperazine rings is 1. The van der Waals surface area contributed by atoms with Crippen LogP contribution in [-0.4, -0.2) is 54.9 Å². The van der Waals surface area contributed by atoms with E-state index < -0.39 is 0 Å². The minimum atomic E-state index is -0.169. The SMILES string of the molecule is Cc1cc(Cn2c(N3CCNCC3)nc3c(OC4CCNC4)cccc32)ccc1F. The molecule has 3 heterocycles. The first-order chi connectivity index (χ1) is 14.7. The van der Waals surface area contributed by atoms with Crippen molar-refractivity contribution in [2.45, 2.75) is 26.0 Å². The molecule has 0 amide bonds. The first-order valence-corrected chi connectivity index (χ1v) is 10.8. The van der Waals surface area contributed by atoms with Gasteiger partial charge in [0.15, 0.2) is 0 Å². The first-order valence-electron chi connectivity index (χ1n) is 10.8. The molecule has 0 radical (unpaired) electrons. The Kier molecular flexibility index (Phi) is 5.31. The van der Waals surface area contributed by atoms with Gasteiger partial charge in [-0.2, -0.15) is 0 Å². The molecule has 0 bridgehead atoms. The summed E-state index contributed by atoms with van der Waals surface area (Å²) in [6, 6.07) is 11.5. The van der Waals surface area contributed by atoms with E-state index in [2.05, 4.69) is 26.2 Å². The average molecular weight is 410 g/mol. The zero-order valence-electron chi connectivity index (χ0n) is 17.3. The van der Waals surface area contributed by atoms with Crippen LogP contribution >= 0.6 is 0 Å². The minimum absolute atomic E-state index is 0.169. The van der Waals surface area contributed by atoms with E-state index in [0.717, 1.165) is 74.0 Å². The molecule has 2 aromatic carbocycles. The maximum atomic E-state index is 13.8. The molecule has 2 fully saturated rings. The molecule has 1 atom stereocenters. The molecule has 2 aliphatic rings. The molecular weight excluding hydrogens is 381 g/mol. The lowest BCUT2D eigenvalue weighted by molar-refractivity contribution is 0.225. The lowest BCUT2D eigenvalue weighted by atomic mass is 10.1. The fraction of sp³-hybridized carbons (Fsp3) is 0.435. The monoisotopic (exact) mass is 409 g/mol. The average Bonchev–Trinajstić information content (AvgIpc) is 3.40. The molecule has 7 heteroatoms. The minimum Gasteiger partial charge on any atom is -0.487 e. The van der Waals surface area contributed by atoms with E-state index in [1.54, 1.807) is 6.07 Å². The van der Waals surface area contributed by atoms with Crippen molar-refractivity contribution < 1.29 is 9.13 Å². The Morgan fingerprint density at radius 2 is 2.00 bits per heavy atom. The van der Waals surface area contributed by atoms with Crippen molar-refractivity contribution in [1.82, 2.24) is 20.2 Å². The number of hydrogen-bond acceptors (Lipinski definition) is 5. The van der Waals surface area contributed by atoms with E-state index in [1.807, 2.05) is 31.2 Å². The van der Waals surface area contributed by atoms with E-state index in [0.29, 0.717) is 12.1 Å². The van der Waals surface area contributed by atoms with Crippen LogP contribution in [0.1, 0.15) is 17.5 Å². The number of aromatic nitrogens is 2. The fourth-order valence-electron chi connectivity index (χ4n) is 4.36. The summed E-state index contributed by atoms with van der Waals surface area (Å²) in [5.41, 5.74) is 3.68. The Morgan fingerprint density at radius 3 is 2.77 bits per heavy atom. The van der Waals surface area contributed by atoms with Crippen LogP contribution in [-0.2, 0) is 6.54 Å². The van der Waals surface area contributed by atoms with Crippen LogP contribution in [0.4, 0.5) is 10.3 Å². The molecule has 0 saturated carbocycles. The zero-order valence-corrected chi connectivity index (χ0v) is 17.3. The summed E-state index contributed by atoms with van der Waals surface area (Å²) in [7, 11) is 0. The Balaban J connectivity index is 1.57. The summed E-state index contributed by atoms with van der Waals surface area (Å²) in [5, 5.41) is 6.76. The number of anilines is 1. The third kappa shape index (κ3) is 3.75. The van der Waals surface area contributed by atoms with E-state index in [4.69, 9.17) is 9.72 Å². The van der Waals surface area contributed by atoms with E-state index >= 15 is 0 Å². The number of nitrogens with one attached hydrogen (secondary N) is 2. The third-order valence-electron chi connectivity index (χ3n) is 5.99. The van der Waals surface area contributed by atoms with Crippen LogP contribution < -0.4 is 20.3 Å². The number of nitrogens with zero attached hydrogens (tertiary/aromatic N) is 3. The van der Waals surface area contributed by atoms with Gasteiger partial charge in [0.05, 0.1) is 12.1 Å². The van der Waals surface area contributed by atoms with Crippen LogP contribution in [0.2, 0.25) is 0 Å². The molecule has 2 aliphatic heterocycles. The van der Waals surface area contributed by atoms with Crippen LogP contribution in [0.3, 0.4) is 0 Å². The maximum Gasteiger partial charge on any atom is 0.207 e. The Bertz CT molecular complexity index is 1040. The largest absolute Gasteiger partial charge is 0.487 e. The number of halogens is 1. The van der Waals surface area contributed by atoms with Gasteiger partial charge in [0.2, 0.25) is 5.95 Å². The van der Waals surface area contributed by atoms with Crippen molar-refractivity contribution in [2.75, 3.05) is 44.2 Å². The Hall–Kier alpha value is -2.64. The van der Waals surface area contributed by atoms with Crippen LogP contribution in [0.5, 0.6) is 5.75 Å². The lowest BCUT2D eigenvalue weighted by Crippen LogP contribution is -2.44. The van der Waals surface area contributed by atoms with Gasteiger partial charge < -0.3 is 24.8 Å². The van der Waals surface area contributed by atoms with Gasteiger partial charge in [-0.1, -0.05) is 18.2 Å². The summed E-state index contributed by atoms with van der Waals surface area (Å²) >= 11 is 0. The van der Waals surface area contributed by atoms with Gasteiger partial charge in [-0.05, 0) is 49.2 Å². The Morgan fingerprint density at radius 1 is 1.13 bits per heavy atom. The molecule has 2 saturated heterocycles. The predicted molar refractivity (Wildman–Crippen MR) is 117 cm³/mol. The third-order valence-corrected chi connectivity index (χ3v) is 5.99. The van der Waals surface area contributed by atoms with Gasteiger partial charge in [0.1, 0.15) is 23.2 Å². The standard InChI is InChI=1S/C23H28FN5O/c1-16-13-17(5-6-19(16)24)15-29-20-3-2-4-21(30-18-7-8-26-14-18)22(20)27-23(29)28-11-9-25-10-12-28/h2-6,13,18,25-26H,7-12,14-15H2,1H3. The normalized spacial score (nSPS) is 19.5. The van der Waals surface area contributed by atoms with Crippen molar-refractivity contribution >= 4 is 17.0 Å². The smallest absolute Gasteiger partial charge is 0.207 e. The highest BCUT2D eigenvalue weighted by atomic mass is 19.1. The number of aryl methyl sites for hydroxylation is 1. The molecule has 0 spiro atoms. The zero-order chi connectivity index (χ0) is 20.5. The molecular formula is C23H28FN5O. The fourth-order valence-corrected chi connectivity index (χ4v) is 4.36. The van der Waals surface area contributed by atoms with Crippen molar-refractivity contribution in [3.05, 3.63) is 53.3 Å². The second-order valence-electron chi connectivity index (χ2n) is 8.18. The van der Waals surface area contributed by atoms with Gasteiger partial charge in [0.25, 0.3) is 0 Å². The maximum absolute atomic E-state index is 13.8. The van der Waals surface area contributed by atoms with Crippen LogP contribution in [0.25, 0.3) is 11.0 Å². The Labute approximate surface area is 176 Å².